The minimum atomic E-state index is -0.573. The maximum absolute atomic E-state index is 13.6. The first-order valence-electron chi connectivity index (χ1n) is 6.68. The second-order valence-electron chi connectivity index (χ2n) is 5.37. The monoisotopic (exact) mass is 282 g/mol. The van der Waals surface area contributed by atoms with Gasteiger partial charge in [-0.15, -0.1) is 0 Å². The maximum atomic E-state index is 13.6. The highest BCUT2D eigenvalue weighted by Crippen LogP contribution is 2.20. The van der Waals surface area contributed by atoms with E-state index in [1.807, 2.05) is 6.92 Å². The number of amides is 2. The topological polar surface area (TPSA) is 52.6 Å². The van der Waals surface area contributed by atoms with Crippen LogP contribution >= 0.6 is 0 Å². The molecule has 1 rings (SSSR count). The van der Waals surface area contributed by atoms with E-state index in [4.69, 9.17) is 0 Å². The number of hydrogen-bond acceptors (Lipinski definition) is 2. The Morgan fingerprint density at radius 3 is 2.30 bits per heavy atom. The fraction of sp³-hybridized carbons (Fsp3) is 0.533. The van der Waals surface area contributed by atoms with Crippen LogP contribution in [0.2, 0.25) is 0 Å². The van der Waals surface area contributed by atoms with Crippen LogP contribution in [0.3, 0.4) is 0 Å². The summed E-state index contributed by atoms with van der Waals surface area (Å²) in [4.78, 5) is 13.3. The van der Waals surface area contributed by atoms with Crippen LogP contribution in [-0.2, 0) is 0 Å². The Labute approximate surface area is 119 Å². The molecule has 0 aliphatic heterocycles. The number of rotatable bonds is 4. The number of aryl methyl sites for hydroxylation is 2. The molecule has 2 amide bonds. The van der Waals surface area contributed by atoms with Crippen LogP contribution in [0, 0.1) is 19.7 Å². The van der Waals surface area contributed by atoms with E-state index in [1.165, 1.54) is 4.90 Å². The molecule has 112 valence electrons. The second-order valence-corrected chi connectivity index (χ2v) is 5.37. The molecule has 0 aliphatic carbocycles. The van der Waals surface area contributed by atoms with Gasteiger partial charge in [-0.1, -0.05) is 12.1 Å². The fourth-order valence-electron chi connectivity index (χ4n) is 2.09. The van der Waals surface area contributed by atoms with Gasteiger partial charge in [-0.3, -0.25) is 0 Å². The van der Waals surface area contributed by atoms with Gasteiger partial charge in [-0.2, -0.15) is 0 Å². The van der Waals surface area contributed by atoms with E-state index in [0.717, 1.165) is 5.56 Å². The smallest absolute Gasteiger partial charge is 0.317 e. The second kappa shape index (κ2) is 6.70. The summed E-state index contributed by atoms with van der Waals surface area (Å²) in [5.41, 5.74) is 2.00. The Hall–Kier alpha value is -1.62. The highest BCUT2D eigenvalue weighted by Gasteiger charge is 2.16. The van der Waals surface area contributed by atoms with Gasteiger partial charge >= 0.3 is 6.03 Å². The van der Waals surface area contributed by atoms with E-state index in [1.54, 1.807) is 40.0 Å². The van der Waals surface area contributed by atoms with Crippen molar-refractivity contribution < 1.29 is 14.3 Å². The van der Waals surface area contributed by atoms with E-state index in [9.17, 15) is 14.3 Å². The van der Waals surface area contributed by atoms with Gasteiger partial charge < -0.3 is 15.3 Å². The summed E-state index contributed by atoms with van der Waals surface area (Å²) in [6.45, 7) is 7.15. The minimum Gasteiger partial charge on any atom is -0.392 e. The number of aliphatic hydroxyl groups excluding tert-OH is 1. The molecule has 2 unspecified atom stereocenters. The standard InChI is InChI=1S/C15H23FN2O2/c1-9-6-13(7-10(2)14(9)16)12(4)17-15(20)18(5)8-11(3)19/h6-7,11-12,19H,8H2,1-5H3,(H,17,20). The summed E-state index contributed by atoms with van der Waals surface area (Å²) in [6, 6.07) is 2.99. The lowest BCUT2D eigenvalue weighted by Gasteiger charge is -2.23. The molecule has 2 atom stereocenters. The largest absolute Gasteiger partial charge is 0.392 e. The highest BCUT2D eigenvalue weighted by molar-refractivity contribution is 5.74. The molecular weight excluding hydrogens is 259 g/mol. The SMILES string of the molecule is Cc1cc(C(C)NC(=O)N(C)CC(C)O)cc(C)c1F. The number of hydrogen-bond donors (Lipinski definition) is 2. The zero-order chi connectivity index (χ0) is 15.4. The van der Waals surface area contributed by atoms with Crippen LogP contribution in [0.4, 0.5) is 9.18 Å². The van der Waals surface area contributed by atoms with Gasteiger partial charge in [-0.05, 0) is 44.4 Å². The van der Waals surface area contributed by atoms with Crippen LogP contribution in [-0.4, -0.2) is 35.7 Å². The summed E-state index contributed by atoms with van der Waals surface area (Å²) >= 11 is 0. The molecule has 1 aromatic carbocycles. The van der Waals surface area contributed by atoms with Crippen molar-refractivity contribution >= 4 is 6.03 Å². The average molecular weight is 282 g/mol. The number of carbonyl (C=O) groups excluding carboxylic acids is 1. The van der Waals surface area contributed by atoms with Crippen molar-refractivity contribution in [2.75, 3.05) is 13.6 Å². The molecule has 0 heterocycles. The molecule has 0 saturated carbocycles. The van der Waals surface area contributed by atoms with Crippen LogP contribution < -0.4 is 5.32 Å². The van der Waals surface area contributed by atoms with Crippen molar-refractivity contribution in [3.63, 3.8) is 0 Å². The average Bonchev–Trinajstić information content (AvgIpc) is 2.34. The lowest BCUT2D eigenvalue weighted by atomic mass is 10.0. The third kappa shape index (κ3) is 4.20. The number of urea groups is 1. The lowest BCUT2D eigenvalue weighted by Crippen LogP contribution is -2.41. The van der Waals surface area contributed by atoms with Crippen LogP contribution in [0.1, 0.15) is 36.6 Å². The molecule has 0 spiro atoms. The van der Waals surface area contributed by atoms with E-state index >= 15 is 0 Å². The van der Waals surface area contributed by atoms with Gasteiger partial charge in [0.15, 0.2) is 0 Å². The Morgan fingerprint density at radius 1 is 1.35 bits per heavy atom. The Bertz CT molecular complexity index is 466. The number of halogens is 1. The van der Waals surface area contributed by atoms with Crippen molar-refractivity contribution in [3.8, 4) is 0 Å². The van der Waals surface area contributed by atoms with E-state index in [-0.39, 0.29) is 24.4 Å². The first-order valence-corrected chi connectivity index (χ1v) is 6.68. The molecule has 20 heavy (non-hydrogen) atoms. The number of likely N-dealkylation sites (N-methyl/N-ethyl adjacent to an activating group) is 1. The predicted molar refractivity (Wildman–Crippen MR) is 77.1 cm³/mol. The van der Waals surface area contributed by atoms with E-state index < -0.39 is 6.10 Å². The minimum absolute atomic E-state index is 0.210. The van der Waals surface area contributed by atoms with Crippen molar-refractivity contribution in [2.45, 2.75) is 39.8 Å². The normalized spacial score (nSPS) is 13.8. The Morgan fingerprint density at radius 2 is 1.85 bits per heavy atom. The van der Waals surface area contributed by atoms with Crippen molar-refractivity contribution in [1.29, 1.82) is 0 Å². The third-order valence-corrected chi connectivity index (χ3v) is 3.18. The molecule has 2 N–H and O–H groups in total. The summed E-state index contributed by atoms with van der Waals surface area (Å²) in [5.74, 6) is -0.210. The fourth-order valence-corrected chi connectivity index (χ4v) is 2.09. The highest BCUT2D eigenvalue weighted by atomic mass is 19.1. The molecule has 1 aromatic rings. The van der Waals surface area contributed by atoms with Gasteiger partial charge in [0, 0.05) is 13.6 Å². The number of aliphatic hydroxyl groups is 1. The molecule has 0 bridgehead atoms. The molecule has 0 radical (unpaired) electrons. The molecule has 4 nitrogen and oxygen atoms in total. The summed E-state index contributed by atoms with van der Waals surface area (Å²) < 4.78 is 13.6. The number of nitrogens with zero attached hydrogens (tertiary/aromatic N) is 1. The van der Waals surface area contributed by atoms with Gasteiger partial charge in [0.1, 0.15) is 5.82 Å². The van der Waals surface area contributed by atoms with Crippen molar-refractivity contribution in [2.24, 2.45) is 0 Å². The van der Waals surface area contributed by atoms with Gasteiger partial charge in [0.05, 0.1) is 12.1 Å². The van der Waals surface area contributed by atoms with Crippen LogP contribution in [0.25, 0.3) is 0 Å². The van der Waals surface area contributed by atoms with Gasteiger partial charge in [0.2, 0.25) is 0 Å². The summed E-state index contributed by atoms with van der Waals surface area (Å²) in [5, 5.41) is 12.1. The van der Waals surface area contributed by atoms with E-state index in [0.29, 0.717) is 11.1 Å². The molecule has 0 fully saturated rings. The molecule has 5 heteroatoms. The first-order chi connectivity index (χ1) is 9.22. The molecule has 0 aliphatic rings. The van der Waals surface area contributed by atoms with Crippen LogP contribution in [0.5, 0.6) is 0 Å². The first kappa shape index (κ1) is 16.4. The molecule has 0 aromatic heterocycles. The zero-order valence-corrected chi connectivity index (χ0v) is 12.7. The summed E-state index contributed by atoms with van der Waals surface area (Å²) in [7, 11) is 1.62. The molecule has 0 saturated heterocycles. The van der Waals surface area contributed by atoms with Crippen molar-refractivity contribution in [1.82, 2.24) is 10.2 Å². The summed E-state index contributed by atoms with van der Waals surface area (Å²) in [6.07, 6.45) is -0.573. The number of nitrogens with one attached hydrogen (secondary N) is 1. The predicted octanol–water partition coefficient (Wildman–Crippen LogP) is 2.53. The maximum Gasteiger partial charge on any atom is 0.317 e. The molecular formula is C15H23FN2O2. The van der Waals surface area contributed by atoms with Crippen LogP contribution in [0.15, 0.2) is 12.1 Å². The number of carbonyl (C=O) groups is 1. The third-order valence-electron chi connectivity index (χ3n) is 3.18. The number of benzene rings is 1. The van der Waals surface area contributed by atoms with E-state index in [2.05, 4.69) is 5.32 Å². The quantitative estimate of drug-likeness (QED) is 0.891. The Kier molecular flexibility index (Phi) is 5.51. The zero-order valence-electron chi connectivity index (χ0n) is 12.7. The van der Waals surface area contributed by atoms with Gasteiger partial charge in [0.25, 0.3) is 0 Å². The van der Waals surface area contributed by atoms with Gasteiger partial charge in [-0.25, -0.2) is 9.18 Å². The lowest BCUT2D eigenvalue weighted by molar-refractivity contribution is 0.142. The Balaban J connectivity index is 2.76. The van der Waals surface area contributed by atoms with Crippen molar-refractivity contribution in [3.05, 3.63) is 34.6 Å².